The highest BCUT2D eigenvalue weighted by Gasteiger charge is 2.46. The summed E-state index contributed by atoms with van der Waals surface area (Å²) < 4.78 is 0. The maximum atomic E-state index is 12.2. The molecule has 5 heteroatoms. The van der Waals surface area contributed by atoms with Gasteiger partial charge in [-0.15, -0.1) is 11.3 Å². The summed E-state index contributed by atoms with van der Waals surface area (Å²) in [7, 11) is 1.76. The second-order valence-electron chi connectivity index (χ2n) is 5.17. The van der Waals surface area contributed by atoms with Gasteiger partial charge < -0.3 is 10.0 Å². The zero-order chi connectivity index (χ0) is 14.0. The molecule has 1 fully saturated rings. The molecule has 0 aliphatic heterocycles. The van der Waals surface area contributed by atoms with Crippen LogP contribution >= 0.6 is 11.3 Å². The normalized spacial score (nSPS) is 21.2. The second-order valence-corrected chi connectivity index (χ2v) is 6.12. The van der Waals surface area contributed by atoms with Gasteiger partial charge in [-0.05, 0) is 36.8 Å². The Hall–Kier alpha value is -1.36. The molecule has 1 amide bonds. The smallest absolute Gasteiger partial charge is 0.303 e. The number of carboxylic acid groups (broad SMARTS) is 1. The van der Waals surface area contributed by atoms with Crippen molar-refractivity contribution in [3.63, 3.8) is 0 Å². The van der Waals surface area contributed by atoms with Crippen molar-refractivity contribution in [2.75, 3.05) is 13.6 Å². The summed E-state index contributed by atoms with van der Waals surface area (Å²) in [6.07, 6.45) is 1.58. The molecule has 2 atom stereocenters. The first kappa shape index (κ1) is 14.1. The Morgan fingerprint density at radius 1 is 1.53 bits per heavy atom. The summed E-state index contributed by atoms with van der Waals surface area (Å²) in [6.45, 7) is 2.61. The van der Waals surface area contributed by atoms with Crippen LogP contribution in [0.1, 0.15) is 35.6 Å². The number of carbonyl (C=O) groups excluding carboxylic acids is 1. The molecule has 2 rings (SSSR count). The van der Waals surface area contributed by atoms with Crippen molar-refractivity contribution in [3.05, 3.63) is 21.9 Å². The Bertz CT molecular complexity index is 483. The monoisotopic (exact) mass is 281 g/mol. The van der Waals surface area contributed by atoms with Gasteiger partial charge >= 0.3 is 5.97 Å². The van der Waals surface area contributed by atoms with Crippen LogP contribution in [0.5, 0.6) is 0 Å². The third-order valence-corrected chi connectivity index (χ3v) is 4.76. The molecule has 0 saturated heterocycles. The minimum Gasteiger partial charge on any atom is -0.481 e. The fraction of sp³-hybridized carbons (Fsp3) is 0.571. The van der Waals surface area contributed by atoms with Crippen LogP contribution in [0.25, 0.3) is 0 Å². The van der Waals surface area contributed by atoms with Gasteiger partial charge in [0.2, 0.25) is 5.91 Å². The van der Waals surface area contributed by atoms with Gasteiger partial charge in [0.1, 0.15) is 0 Å². The van der Waals surface area contributed by atoms with E-state index in [0.29, 0.717) is 18.9 Å². The molecule has 1 aliphatic rings. The number of nitrogens with zero attached hydrogens (tertiary/aromatic N) is 1. The van der Waals surface area contributed by atoms with E-state index in [1.54, 1.807) is 23.3 Å². The minimum absolute atomic E-state index is 0.104. The second kappa shape index (κ2) is 5.74. The lowest BCUT2D eigenvalue weighted by Crippen LogP contribution is -2.29. The molecular formula is C14H19NO3S. The molecule has 1 aliphatic carbocycles. The van der Waals surface area contributed by atoms with E-state index >= 15 is 0 Å². The summed E-state index contributed by atoms with van der Waals surface area (Å²) >= 11 is 1.73. The van der Waals surface area contributed by atoms with Crippen LogP contribution in [-0.4, -0.2) is 35.5 Å². The van der Waals surface area contributed by atoms with Crippen LogP contribution in [0.3, 0.4) is 0 Å². The van der Waals surface area contributed by atoms with E-state index < -0.39 is 5.97 Å². The number of hydrogen-bond donors (Lipinski definition) is 1. The first-order valence-corrected chi connectivity index (χ1v) is 7.39. The van der Waals surface area contributed by atoms with Gasteiger partial charge in [-0.3, -0.25) is 9.59 Å². The molecule has 0 spiro atoms. The first-order chi connectivity index (χ1) is 9.00. The van der Waals surface area contributed by atoms with Crippen molar-refractivity contribution in [1.82, 2.24) is 4.90 Å². The Balaban J connectivity index is 1.82. The maximum absolute atomic E-state index is 12.2. The van der Waals surface area contributed by atoms with E-state index in [4.69, 9.17) is 5.11 Å². The molecule has 0 bridgehead atoms. The van der Waals surface area contributed by atoms with Crippen molar-refractivity contribution >= 4 is 23.2 Å². The van der Waals surface area contributed by atoms with Crippen molar-refractivity contribution in [1.29, 1.82) is 0 Å². The molecule has 104 valence electrons. The lowest BCUT2D eigenvalue weighted by Gasteiger charge is -2.16. The number of aryl methyl sites for hydroxylation is 1. The average Bonchev–Trinajstić information content (AvgIpc) is 3.03. The van der Waals surface area contributed by atoms with Crippen LogP contribution in [0.15, 0.2) is 11.4 Å². The Morgan fingerprint density at radius 3 is 2.84 bits per heavy atom. The molecule has 1 heterocycles. The fourth-order valence-electron chi connectivity index (χ4n) is 2.38. The maximum Gasteiger partial charge on any atom is 0.303 e. The Labute approximate surface area is 117 Å². The van der Waals surface area contributed by atoms with Gasteiger partial charge in [-0.25, -0.2) is 0 Å². The molecule has 1 saturated carbocycles. The summed E-state index contributed by atoms with van der Waals surface area (Å²) in [6, 6.07) is 2.09. The summed E-state index contributed by atoms with van der Waals surface area (Å²) in [5.74, 6) is -0.163. The van der Waals surface area contributed by atoms with E-state index in [1.807, 2.05) is 0 Å². The largest absolute Gasteiger partial charge is 0.481 e. The zero-order valence-electron chi connectivity index (χ0n) is 11.3. The lowest BCUT2D eigenvalue weighted by molar-refractivity contribution is -0.138. The van der Waals surface area contributed by atoms with Gasteiger partial charge in [-0.2, -0.15) is 0 Å². The highest BCUT2D eigenvalue weighted by Crippen LogP contribution is 2.51. The summed E-state index contributed by atoms with van der Waals surface area (Å²) in [5, 5.41) is 10.7. The van der Waals surface area contributed by atoms with Crippen molar-refractivity contribution in [2.45, 2.75) is 32.1 Å². The highest BCUT2D eigenvalue weighted by atomic mass is 32.1. The van der Waals surface area contributed by atoms with Crippen LogP contribution in [0.2, 0.25) is 0 Å². The topological polar surface area (TPSA) is 57.6 Å². The zero-order valence-corrected chi connectivity index (χ0v) is 12.1. The molecule has 1 aromatic rings. The predicted octanol–water partition coefficient (Wildman–Crippen LogP) is 2.48. The van der Waals surface area contributed by atoms with Gasteiger partial charge in [-0.1, -0.05) is 0 Å². The van der Waals surface area contributed by atoms with Crippen LogP contribution < -0.4 is 0 Å². The van der Waals surface area contributed by atoms with Crippen LogP contribution in [-0.2, 0) is 9.59 Å². The highest BCUT2D eigenvalue weighted by molar-refractivity contribution is 7.10. The third-order valence-electron chi connectivity index (χ3n) is 3.61. The molecular weight excluding hydrogens is 262 g/mol. The van der Waals surface area contributed by atoms with E-state index in [-0.39, 0.29) is 18.2 Å². The predicted molar refractivity (Wildman–Crippen MR) is 74.4 cm³/mol. The average molecular weight is 281 g/mol. The van der Waals surface area contributed by atoms with E-state index in [1.165, 1.54) is 10.4 Å². The molecule has 4 nitrogen and oxygen atoms in total. The third kappa shape index (κ3) is 3.35. The van der Waals surface area contributed by atoms with Crippen molar-refractivity contribution in [2.24, 2.45) is 5.92 Å². The van der Waals surface area contributed by atoms with E-state index in [2.05, 4.69) is 18.4 Å². The van der Waals surface area contributed by atoms with Gasteiger partial charge in [0.15, 0.2) is 0 Å². The first-order valence-electron chi connectivity index (χ1n) is 6.51. The number of amides is 1. The van der Waals surface area contributed by atoms with Crippen molar-refractivity contribution < 1.29 is 14.7 Å². The van der Waals surface area contributed by atoms with Crippen LogP contribution in [0.4, 0.5) is 0 Å². The van der Waals surface area contributed by atoms with Gasteiger partial charge in [0.25, 0.3) is 0 Å². The Morgan fingerprint density at radius 2 is 2.26 bits per heavy atom. The standard InChI is InChI=1S/C14H19NO3S/c1-9-5-7-19-13(9)10-8-11(10)14(18)15(2)6-3-4-12(16)17/h5,7,10-11H,3-4,6,8H2,1-2H3,(H,16,17)/t10-,11+/m0/s1. The number of thiophene rings is 1. The molecule has 1 aromatic heterocycles. The Kier molecular flexibility index (Phi) is 4.24. The quantitative estimate of drug-likeness (QED) is 0.871. The molecule has 19 heavy (non-hydrogen) atoms. The molecule has 0 unspecified atom stereocenters. The van der Waals surface area contributed by atoms with E-state index in [9.17, 15) is 9.59 Å². The number of rotatable bonds is 6. The number of carboxylic acids is 1. The number of carbonyl (C=O) groups is 2. The van der Waals surface area contributed by atoms with Gasteiger partial charge in [0, 0.05) is 36.7 Å². The van der Waals surface area contributed by atoms with E-state index in [0.717, 1.165) is 6.42 Å². The summed E-state index contributed by atoms with van der Waals surface area (Å²) in [4.78, 5) is 25.6. The number of hydrogen-bond acceptors (Lipinski definition) is 3. The van der Waals surface area contributed by atoms with Crippen LogP contribution in [0, 0.1) is 12.8 Å². The molecule has 0 aromatic carbocycles. The fourth-order valence-corrected chi connectivity index (χ4v) is 3.49. The van der Waals surface area contributed by atoms with Gasteiger partial charge in [0.05, 0.1) is 0 Å². The molecule has 1 N–H and O–H groups in total. The number of aliphatic carboxylic acids is 1. The lowest BCUT2D eigenvalue weighted by atomic mass is 10.2. The minimum atomic E-state index is -0.806. The van der Waals surface area contributed by atoms with Crippen molar-refractivity contribution in [3.8, 4) is 0 Å². The SMILES string of the molecule is Cc1ccsc1[C@H]1C[C@H]1C(=O)N(C)CCCC(=O)O. The summed E-state index contributed by atoms with van der Waals surface area (Å²) in [5.41, 5.74) is 1.28. The molecule has 0 radical (unpaired) electrons.